The molecule has 0 amide bonds. The van der Waals surface area contributed by atoms with E-state index in [2.05, 4.69) is 165 Å². The molecule has 0 unspecified atom stereocenters. The first-order valence-corrected chi connectivity index (χ1v) is 19.7. The predicted octanol–water partition coefficient (Wildman–Crippen LogP) is 11.6. The van der Waals surface area contributed by atoms with Crippen LogP contribution < -0.4 is 4.90 Å². The largest absolute Gasteiger partial charge is 0.278 e. The molecule has 266 valence electrons. The van der Waals surface area contributed by atoms with Crippen LogP contribution in [-0.4, -0.2) is 29.9 Å². The lowest BCUT2D eigenvalue weighted by Crippen LogP contribution is -2.36. The average Bonchev–Trinajstić information content (AvgIpc) is 3.80. The second-order valence-corrected chi connectivity index (χ2v) is 15.4. The topological polar surface area (TPSA) is 80.6 Å². The van der Waals surface area contributed by atoms with Crippen molar-refractivity contribution in [3.8, 4) is 45.3 Å². The minimum Gasteiger partial charge on any atom is -0.278 e. The number of thiophene rings is 1. The van der Waals surface area contributed by atoms with Gasteiger partial charge in [0.25, 0.3) is 0 Å². The summed E-state index contributed by atoms with van der Waals surface area (Å²) in [5.41, 5.74) is 11.2. The van der Waals surface area contributed by atoms with Crippen LogP contribution >= 0.6 is 11.3 Å². The van der Waals surface area contributed by atoms with E-state index in [-0.39, 0.29) is 0 Å². The molecular formula is C49H29N7S. The van der Waals surface area contributed by atoms with Crippen molar-refractivity contribution >= 4 is 48.8 Å². The summed E-state index contributed by atoms with van der Waals surface area (Å²) < 4.78 is 2.44. The van der Waals surface area contributed by atoms with Gasteiger partial charge in [-0.2, -0.15) is 9.97 Å². The number of benzene rings is 7. The number of nitrogens with zero attached hydrogens (tertiary/aromatic N) is 7. The normalized spacial score (nSPS) is 13.4. The molecule has 1 aliphatic carbocycles. The maximum absolute atomic E-state index is 5.38. The number of rotatable bonds is 4. The van der Waals surface area contributed by atoms with Gasteiger partial charge in [0, 0.05) is 36.9 Å². The van der Waals surface area contributed by atoms with E-state index in [1.54, 1.807) is 11.3 Å². The van der Waals surface area contributed by atoms with E-state index in [1.807, 2.05) is 18.2 Å². The van der Waals surface area contributed by atoms with Gasteiger partial charge in [0.15, 0.2) is 17.5 Å². The van der Waals surface area contributed by atoms with Gasteiger partial charge in [-0.25, -0.2) is 19.9 Å². The summed E-state index contributed by atoms with van der Waals surface area (Å²) >= 11 is 1.79. The molecule has 7 nitrogen and oxygen atoms in total. The Morgan fingerprint density at radius 1 is 0.421 bits per heavy atom. The lowest BCUT2D eigenvalue weighted by Gasteiger charge is -2.44. The van der Waals surface area contributed by atoms with Crippen molar-refractivity contribution in [3.05, 3.63) is 199 Å². The molecule has 57 heavy (non-hydrogen) atoms. The van der Waals surface area contributed by atoms with Gasteiger partial charge in [-0.3, -0.25) is 4.90 Å². The maximum Gasteiger partial charge on any atom is 0.238 e. The van der Waals surface area contributed by atoms with Crippen molar-refractivity contribution < 1.29 is 0 Å². The fourth-order valence-corrected chi connectivity index (χ4v) is 10.2. The SMILES string of the molecule is c1ccc(-c2nc(-c3ccc4c(c3)sc3ccccc34)nc(N3c4ccccc4C4(c5ccccc5-c5ccccc54)c4ccc(-c5ncncn5)cc43)n2)cc1. The third kappa shape index (κ3) is 4.65. The van der Waals surface area contributed by atoms with Crippen LogP contribution in [0.1, 0.15) is 22.3 Å². The van der Waals surface area contributed by atoms with E-state index in [4.69, 9.17) is 15.0 Å². The number of anilines is 3. The van der Waals surface area contributed by atoms with Crippen molar-refractivity contribution in [2.45, 2.75) is 5.41 Å². The van der Waals surface area contributed by atoms with Gasteiger partial charge in [0.1, 0.15) is 12.7 Å². The van der Waals surface area contributed by atoms with E-state index >= 15 is 0 Å². The number of hydrogen-bond donors (Lipinski definition) is 0. The molecule has 0 bridgehead atoms. The molecule has 7 aromatic carbocycles. The molecule has 2 aliphatic rings. The smallest absolute Gasteiger partial charge is 0.238 e. The first kappa shape index (κ1) is 31.9. The van der Waals surface area contributed by atoms with Crippen LogP contribution in [0.3, 0.4) is 0 Å². The van der Waals surface area contributed by atoms with Crippen molar-refractivity contribution in [1.82, 2.24) is 29.9 Å². The molecular weight excluding hydrogens is 719 g/mol. The molecule has 4 heterocycles. The van der Waals surface area contributed by atoms with Crippen LogP contribution in [0.25, 0.3) is 65.5 Å². The standard InChI is InChI=1S/C49H29N7S/c1-2-12-30(13-3-1)46-53-47(32-22-24-36-35-16-6-11-21-43(35)57-44(36)27-32)55-48(54-46)56-41-20-10-9-19-39(41)49(37-17-7-4-14-33(37)34-15-5-8-18-38(34)49)40-25-23-31(26-42(40)56)45-51-28-50-29-52-45/h1-29H. The predicted molar refractivity (Wildman–Crippen MR) is 228 cm³/mol. The Morgan fingerprint density at radius 3 is 1.81 bits per heavy atom. The van der Waals surface area contributed by atoms with E-state index in [0.29, 0.717) is 23.4 Å². The van der Waals surface area contributed by atoms with Gasteiger partial charge >= 0.3 is 0 Å². The molecule has 0 saturated heterocycles. The maximum atomic E-state index is 5.38. The zero-order valence-corrected chi connectivity index (χ0v) is 31.1. The highest BCUT2D eigenvalue weighted by Crippen LogP contribution is 2.63. The second-order valence-electron chi connectivity index (χ2n) is 14.3. The average molecular weight is 748 g/mol. The molecule has 0 saturated carbocycles. The van der Waals surface area contributed by atoms with E-state index in [9.17, 15) is 0 Å². The lowest BCUT2D eigenvalue weighted by atomic mass is 9.64. The Morgan fingerprint density at radius 2 is 1.02 bits per heavy atom. The van der Waals surface area contributed by atoms with E-state index in [0.717, 1.165) is 39.2 Å². The van der Waals surface area contributed by atoms with Crippen molar-refractivity contribution in [1.29, 1.82) is 0 Å². The van der Waals surface area contributed by atoms with Gasteiger partial charge in [-0.05, 0) is 57.6 Å². The number of hydrogen-bond acceptors (Lipinski definition) is 8. The fraction of sp³-hybridized carbons (Fsp3) is 0.0204. The van der Waals surface area contributed by atoms with Gasteiger partial charge in [0.05, 0.1) is 16.8 Å². The minimum absolute atomic E-state index is 0.520. The van der Waals surface area contributed by atoms with Crippen molar-refractivity contribution in [3.63, 3.8) is 0 Å². The zero-order chi connectivity index (χ0) is 37.5. The van der Waals surface area contributed by atoms with Crippen LogP contribution in [0.2, 0.25) is 0 Å². The monoisotopic (exact) mass is 747 g/mol. The Labute approximate surface area is 331 Å². The summed E-state index contributed by atoms with van der Waals surface area (Å²) in [6.07, 6.45) is 3.08. The molecule has 12 rings (SSSR count). The minimum atomic E-state index is -0.614. The molecule has 0 radical (unpaired) electrons. The summed E-state index contributed by atoms with van der Waals surface area (Å²) in [5, 5.41) is 2.48. The Hall–Kier alpha value is -7.42. The Balaban J connectivity index is 1.16. The van der Waals surface area contributed by atoms with Crippen LogP contribution in [0.15, 0.2) is 176 Å². The lowest BCUT2D eigenvalue weighted by molar-refractivity contribution is 0.749. The van der Waals surface area contributed by atoms with Gasteiger partial charge < -0.3 is 0 Å². The first-order chi connectivity index (χ1) is 28.3. The van der Waals surface area contributed by atoms with Gasteiger partial charge in [-0.15, -0.1) is 11.3 Å². The van der Waals surface area contributed by atoms with Crippen LogP contribution in [0, 0.1) is 0 Å². The molecule has 0 fully saturated rings. The highest BCUT2D eigenvalue weighted by atomic mass is 32.1. The fourth-order valence-electron chi connectivity index (χ4n) is 9.03. The van der Waals surface area contributed by atoms with Crippen molar-refractivity contribution in [2.24, 2.45) is 0 Å². The Bertz CT molecular complexity index is 3170. The first-order valence-electron chi connectivity index (χ1n) is 18.8. The van der Waals surface area contributed by atoms with E-state index < -0.39 is 5.41 Å². The second kappa shape index (κ2) is 12.3. The Kier molecular flexibility index (Phi) is 6.88. The molecule has 0 atom stereocenters. The van der Waals surface area contributed by atoms with Gasteiger partial charge in [-0.1, -0.05) is 140 Å². The summed E-state index contributed by atoms with van der Waals surface area (Å²) in [5.74, 6) is 2.30. The number of para-hydroxylation sites is 1. The van der Waals surface area contributed by atoms with Crippen LogP contribution in [0.4, 0.5) is 17.3 Å². The molecule has 10 aromatic rings. The highest BCUT2D eigenvalue weighted by Gasteiger charge is 2.52. The van der Waals surface area contributed by atoms with Gasteiger partial charge in [0.2, 0.25) is 5.95 Å². The van der Waals surface area contributed by atoms with Crippen LogP contribution in [0.5, 0.6) is 0 Å². The summed E-state index contributed by atoms with van der Waals surface area (Å²) in [6.45, 7) is 0. The molecule has 8 heteroatoms. The number of fused-ring (bicyclic) bond motifs is 12. The molecule has 1 aliphatic heterocycles. The molecule has 3 aromatic heterocycles. The highest BCUT2D eigenvalue weighted by molar-refractivity contribution is 7.25. The summed E-state index contributed by atoms with van der Waals surface area (Å²) in [7, 11) is 0. The quantitative estimate of drug-likeness (QED) is 0.177. The third-order valence-corrected chi connectivity index (χ3v) is 12.5. The molecule has 0 N–H and O–H groups in total. The van der Waals surface area contributed by atoms with Crippen LogP contribution in [-0.2, 0) is 5.41 Å². The zero-order valence-electron chi connectivity index (χ0n) is 30.3. The summed E-state index contributed by atoms with van der Waals surface area (Å²) in [4.78, 5) is 31.3. The van der Waals surface area contributed by atoms with Crippen molar-refractivity contribution in [2.75, 3.05) is 4.90 Å². The number of aromatic nitrogens is 6. The third-order valence-electron chi connectivity index (χ3n) is 11.4. The molecule has 1 spiro atoms. The van der Waals surface area contributed by atoms with E-state index in [1.165, 1.54) is 55.1 Å². The summed E-state index contributed by atoms with van der Waals surface area (Å²) in [6, 6.07) is 58.1.